The number of rotatable bonds is 8. The molecule has 7 nitrogen and oxygen atoms in total. The number of hydrogen-bond acceptors (Lipinski definition) is 3. The maximum Gasteiger partial charge on any atom is 0.327 e. The first-order valence-corrected chi connectivity index (χ1v) is 13.9. The minimum Gasteiger partial charge on any atom is -0.480 e. The van der Waals surface area contributed by atoms with E-state index in [1.54, 1.807) is 24.4 Å². The number of anilines is 1. The molecule has 3 N–H and O–H groups in total. The Morgan fingerprint density at radius 1 is 0.814 bits per heavy atom. The molecule has 6 aromatic rings. The lowest BCUT2D eigenvalue weighted by Crippen LogP contribution is -2.33. The van der Waals surface area contributed by atoms with Crippen LogP contribution in [-0.2, 0) is 11.2 Å². The van der Waals surface area contributed by atoms with Gasteiger partial charge in [0.15, 0.2) is 0 Å². The van der Waals surface area contributed by atoms with Gasteiger partial charge in [-0.1, -0.05) is 78.4 Å². The third-order valence-electron chi connectivity index (χ3n) is 7.60. The van der Waals surface area contributed by atoms with Crippen molar-refractivity contribution in [1.82, 2.24) is 9.55 Å². The zero-order valence-electron chi connectivity index (χ0n) is 23.5. The van der Waals surface area contributed by atoms with Crippen molar-refractivity contribution in [2.24, 2.45) is 0 Å². The Morgan fingerprint density at radius 3 is 2.23 bits per heavy atom. The molecule has 2 aromatic heterocycles. The summed E-state index contributed by atoms with van der Waals surface area (Å²) in [5, 5.41) is 14.0. The van der Waals surface area contributed by atoms with Gasteiger partial charge in [-0.2, -0.15) is 0 Å². The Labute approximate surface area is 248 Å². The average molecular weight is 568 g/mol. The number of hydrogen-bond donors (Lipinski definition) is 3. The molecule has 0 bridgehead atoms. The summed E-state index contributed by atoms with van der Waals surface area (Å²) >= 11 is 0. The van der Waals surface area contributed by atoms with Gasteiger partial charge in [0.2, 0.25) is 0 Å². The summed E-state index contributed by atoms with van der Waals surface area (Å²) in [7, 11) is 0. The number of nitrogens with one attached hydrogen (secondary N) is 2. The molecule has 4 aromatic carbocycles. The molecule has 7 heteroatoms. The summed E-state index contributed by atoms with van der Waals surface area (Å²) in [6.45, 7) is 1.96. The SMILES string of the molecule is Cc1ccc(CC(C(=O)O)n2cc(-c3ccc4[nH]ccc4c3)cc(NC(=O)c3ccc(-c4ccccc4)cc3)c2=O)cc1. The Morgan fingerprint density at radius 2 is 1.51 bits per heavy atom. The minimum absolute atomic E-state index is 0.000965. The Hall–Kier alpha value is -5.69. The molecule has 212 valence electrons. The van der Waals surface area contributed by atoms with Crippen LogP contribution in [0.25, 0.3) is 33.2 Å². The molecular formula is C36H29N3O4. The van der Waals surface area contributed by atoms with E-state index in [2.05, 4.69) is 10.3 Å². The molecule has 6 rings (SSSR count). The van der Waals surface area contributed by atoms with Gasteiger partial charge in [-0.05, 0) is 71.0 Å². The molecule has 0 aliphatic rings. The highest BCUT2D eigenvalue weighted by molar-refractivity contribution is 6.04. The van der Waals surface area contributed by atoms with Crippen molar-refractivity contribution < 1.29 is 14.7 Å². The number of carboxylic acid groups (broad SMARTS) is 1. The molecule has 2 heterocycles. The number of benzene rings is 4. The van der Waals surface area contributed by atoms with Crippen LogP contribution >= 0.6 is 0 Å². The number of carbonyl (C=O) groups excluding carboxylic acids is 1. The molecule has 1 amide bonds. The molecule has 0 aliphatic carbocycles. The van der Waals surface area contributed by atoms with Crippen LogP contribution in [0.4, 0.5) is 5.69 Å². The van der Waals surface area contributed by atoms with Gasteiger partial charge in [0, 0.05) is 35.5 Å². The van der Waals surface area contributed by atoms with Crippen molar-refractivity contribution in [1.29, 1.82) is 0 Å². The summed E-state index contributed by atoms with van der Waals surface area (Å²) < 4.78 is 1.22. The highest BCUT2D eigenvalue weighted by Gasteiger charge is 2.24. The number of amides is 1. The maximum atomic E-state index is 13.8. The number of aromatic amines is 1. The van der Waals surface area contributed by atoms with E-state index in [9.17, 15) is 19.5 Å². The third-order valence-corrected chi connectivity index (χ3v) is 7.60. The third kappa shape index (κ3) is 5.87. The van der Waals surface area contributed by atoms with Crippen molar-refractivity contribution in [3.05, 3.63) is 149 Å². The number of carboxylic acids is 1. The normalized spacial score (nSPS) is 11.7. The van der Waals surface area contributed by atoms with Gasteiger partial charge in [0.05, 0.1) is 0 Å². The summed E-state index contributed by atoms with van der Waals surface area (Å²) in [6.07, 6.45) is 3.50. The van der Waals surface area contributed by atoms with E-state index in [-0.39, 0.29) is 12.1 Å². The van der Waals surface area contributed by atoms with E-state index >= 15 is 0 Å². The average Bonchev–Trinajstić information content (AvgIpc) is 3.50. The van der Waals surface area contributed by atoms with E-state index in [4.69, 9.17) is 0 Å². The van der Waals surface area contributed by atoms with Crippen molar-refractivity contribution in [3.63, 3.8) is 0 Å². The number of H-pyrrole nitrogens is 1. The van der Waals surface area contributed by atoms with Crippen LogP contribution in [0.1, 0.15) is 27.5 Å². The Balaban J connectivity index is 1.39. The first kappa shape index (κ1) is 27.5. The number of aryl methyl sites for hydroxylation is 1. The quantitative estimate of drug-likeness (QED) is 0.183. The van der Waals surface area contributed by atoms with E-state index in [1.165, 1.54) is 4.57 Å². The van der Waals surface area contributed by atoms with Crippen LogP contribution in [-0.4, -0.2) is 26.5 Å². The lowest BCUT2D eigenvalue weighted by molar-refractivity contribution is -0.141. The molecule has 1 atom stereocenters. The van der Waals surface area contributed by atoms with Gasteiger partial charge in [-0.3, -0.25) is 14.2 Å². The predicted molar refractivity (Wildman–Crippen MR) is 169 cm³/mol. The maximum absolute atomic E-state index is 13.8. The zero-order chi connectivity index (χ0) is 29.9. The minimum atomic E-state index is -1.19. The second-order valence-electron chi connectivity index (χ2n) is 10.6. The standard InChI is InChI=1S/C36H29N3O4/c1-23-7-9-24(10-8-23)19-33(36(42)43)39-22-30(28-15-16-31-29(20-28)17-18-37-31)21-32(35(39)41)38-34(40)27-13-11-26(12-14-27)25-5-3-2-4-6-25/h2-18,20-22,33,37H,19H2,1H3,(H,38,40)(H,42,43). The van der Waals surface area contributed by atoms with Gasteiger partial charge in [0.25, 0.3) is 11.5 Å². The second kappa shape index (κ2) is 11.7. The fourth-order valence-electron chi connectivity index (χ4n) is 5.21. The molecule has 0 fully saturated rings. The highest BCUT2D eigenvalue weighted by atomic mass is 16.4. The number of fused-ring (bicyclic) bond motifs is 1. The zero-order valence-corrected chi connectivity index (χ0v) is 23.5. The van der Waals surface area contributed by atoms with Crippen molar-refractivity contribution >= 4 is 28.5 Å². The number of nitrogens with zero attached hydrogens (tertiary/aromatic N) is 1. The largest absolute Gasteiger partial charge is 0.480 e. The summed E-state index contributed by atoms with van der Waals surface area (Å²) in [5.74, 6) is -1.61. The number of aliphatic carboxylic acids is 1. The smallest absolute Gasteiger partial charge is 0.327 e. The Bertz CT molecular complexity index is 1990. The fourth-order valence-corrected chi connectivity index (χ4v) is 5.21. The highest BCUT2D eigenvalue weighted by Crippen LogP contribution is 2.27. The molecule has 0 saturated heterocycles. The van der Waals surface area contributed by atoms with E-state index in [1.807, 2.05) is 104 Å². The monoisotopic (exact) mass is 567 g/mol. The lowest BCUT2D eigenvalue weighted by atomic mass is 10.0. The van der Waals surface area contributed by atoms with Crippen LogP contribution < -0.4 is 10.9 Å². The van der Waals surface area contributed by atoms with Gasteiger partial charge in [-0.15, -0.1) is 0 Å². The lowest BCUT2D eigenvalue weighted by Gasteiger charge is -2.19. The Kier molecular flexibility index (Phi) is 7.45. The van der Waals surface area contributed by atoms with Crippen molar-refractivity contribution in [2.75, 3.05) is 5.32 Å². The number of pyridine rings is 1. The molecular weight excluding hydrogens is 538 g/mol. The van der Waals surface area contributed by atoms with Crippen LogP contribution in [0.15, 0.2) is 126 Å². The summed E-state index contributed by atoms with van der Waals surface area (Å²) in [4.78, 5) is 42.9. The summed E-state index contributed by atoms with van der Waals surface area (Å²) in [5.41, 5.74) is 5.94. The van der Waals surface area contributed by atoms with E-state index < -0.39 is 23.5 Å². The molecule has 0 saturated carbocycles. The van der Waals surface area contributed by atoms with Crippen molar-refractivity contribution in [2.45, 2.75) is 19.4 Å². The van der Waals surface area contributed by atoms with Crippen LogP contribution in [0.3, 0.4) is 0 Å². The van der Waals surface area contributed by atoms with E-state index in [0.29, 0.717) is 11.1 Å². The molecule has 0 spiro atoms. The first-order valence-electron chi connectivity index (χ1n) is 13.9. The molecule has 0 radical (unpaired) electrons. The van der Waals surface area contributed by atoms with Gasteiger partial charge >= 0.3 is 5.97 Å². The van der Waals surface area contributed by atoms with Crippen LogP contribution in [0.2, 0.25) is 0 Å². The number of aromatic nitrogens is 2. The van der Waals surface area contributed by atoms with Crippen LogP contribution in [0, 0.1) is 6.92 Å². The summed E-state index contributed by atoms with van der Waals surface area (Å²) in [6, 6.07) is 32.6. The fraction of sp³-hybridized carbons (Fsp3) is 0.0833. The van der Waals surface area contributed by atoms with Gasteiger partial charge in [0.1, 0.15) is 11.7 Å². The van der Waals surface area contributed by atoms with Crippen molar-refractivity contribution in [3.8, 4) is 22.3 Å². The molecule has 43 heavy (non-hydrogen) atoms. The van der Waals surface area contributed by atoms with Crippen LogP contribution in [0.5, 0.6) is 0 Å². The second-order valence-corrected chi connectivity index (χ2v) is 10.6. The molecule has 0 aliphatic heterocycles. The van der Waals surface area contributed by atoms with E-state index in [0.717, 1.165) is 38.7 Å². The predicted octanol–water partition coefficient (Wildman–Crippen LogP) is 7.09. The topological polar surface area (TPSA) is 104 Å². The number of carbonyl (C=O) groups is 2. The van der Waals surface area contributed by atoms with Gasteiger partial charge in [-0.25, -0.2) is 4.79 Å². The first-order chi connectivity index (χ1) is 20.9. The van der Waals surface area contributed by atoms with Gasteiger partial charge < -0.3 is 15.4 Å². The molecule has 1 unspecified atom stereocenters.